The molecule has 1 heterocycles. The summed E-state index contributed by atoms with van der Waals surface area (Å²) < 4.78 is 0. The van der Waals surface area contributed by atoms with Gasteiger partial charge in [0.15, 0.2) is 5.96 Å². The molecule has 0 amide bonds. The average molecular weight is 284 g/mol. The highest BCUT2D eigenvalue weighted by atomic mass is 16.3. The maximum atomic E-state index is 9.10. The van der Waals surface area contributed by atoms with Crippen molar-refractivity contribution < 1.29 is 5.11 Å². The van der Waals surface area contributed by atoms with Crippen LogP contribution in [0.4, 0.5) is 0 Å². The van der Waals surface area contributed by atoms with Gasteiger partial charge in [-0.05, 0) is 18.8 Å². The molecule has 0 aromatic rings. The molecule has 0 spiro atoms. The molecule has 1 aliphatic rings. The summed E-state index contributed by atoms with van der Waals surface area (Å²) in [5.74, 6) is 1.96. The fraction of sp³-hybridized carbons (Fsp3) is 0.933. The van der Waals surface area contributed by atoms with Crippen LogP contribution in [0.15, 0.2) is 4.99 Å². The van der Waals surface area contributed by atoms with Crippen molar-refractivity contribution in [3.8, 4) is 0 Å². The Hall–Kier alpha value is -0.810. The Balaban J connectivity index is 2.48. The first-order chi connectivity index (χ1) is 9.56. The molecule has 1 aliphatic heterocycles. The van der Waals surface area contributed by atoms with E-state index in [1.165, 1.54) is 6.54 Å². The third-order valence-corrected chi connectivity index (χ3v) is 3.49. The number of aliphatic hydroxyl groups is 1. The van der Waals surface area contributed by atoms with Crippen LogP contribution in [0, 0.1) is 11.8 Å². The molecule has 0 bridgehead atoms. The third-order valence-electron chi connectivity index (χ3n) is 3.49. The van der Waals surface area contributed by atoms with Crippen molar-refractivity contribution in [1.29, 1.82) is 0 Å². The molecule has 1 saturated heterocycles. The number of piperazine rings is 1. The van der Waals surface area contributed by atoms with Crippen LogP contribution >= 0.6 is 0 Å². The zero-order valence-electron chi connectivity index (χ0n) is 13.6. The van der Waals surface area contributed by atoms with Gasteiger partial charge in [0.25, 0.3) is 0 Å². The lowest BCUT2D eigenvalue weighted by Gasteiger charge is -2.37. The maximum Gasteiger partial charge on any atom is 0.194 e. The van der Waals surface area contributed by atoms with Crippen molar-refractivity contribution in [2.75, 3.05) is 52.4 Å². The lowest BCUT2D eigenvalue weighted by Crippen LogP contribution is -2.53. The largest absolute Gasteiger partial charge is 0.396 e. The molecular formula is C15H32N4O. The second-order valence-corrected chi connectivity index (χ2v) is 6.16. The number of hydrogen-bond donors (Lipinski definition) is 2. The number of nitrogens with zero attached hydrogens (tertiary/aromatic N) is 3. The minimum absolute atomic E-state index is 0.199. The number of hydrogen-bond acceptors (Lipinski definition) is 3. The van der Waals surface area contributed by atoms with Crippen LogP contribution in [0.3, 0.4) is 0 Å². The second kappa shape index (κ2) is 9.19. The summed E-state index contributed by atoms with van der Waals surface area (Å²) in [6.45, 7) is 15.9. The van der Waals surface area contributed by atoms with E-state index in [0.717, 1.165) is 44.6 Å². The summed E-state index contributed by atoms with van der Waals surface area (Å²) in [6, 6.07) is 0. The van der Waals surface area contributed by atoms with Gasteiger partial charge in [-0.25, -0.2) is 0 Å². The highest BCUT2D eigenvalue weighted by Crippen LogP contribution is 2.06. The lowest BCUT2D eigenvalue weighted by molar-refractivity contribution is 0.163. The van der Waals surface area contributed by atoms with Crippen molar-refractivity contribution in [3.05, 3.63) is 0 Å². The summed E-state index contributed by atoms with van der Waals surface area (Å²) in [5, 5.41) is 12.5. The first-order valence-electron chi connectivity index (χ1n) is 7.93. The summed E-state index contributed by atoms with van der Waals surface area (Å²) in [6.07, 6.45) is 0. The standard InChI is InChI=1S/C15H32N4O/c1-5-16-15(17-10-14(4)12-20)19-8-6-18(7-9-19)11-13(2)3/h13-14,20H,5-12H2,1-4H3,(H,16,17). The predicted octanol–water partition coefficient (Wildman–Crippen LogP) is 0.854. The first-order valence-corrected chi connectivity index (χ1v) is 7.93. The van der Waals surface area contributed by atoms with Gasteiger partial charge in [0, 0.05) is 52.4 Å². The fourth-order valence-corrected chi connectivity index (χ4v) is 2.38. The van der Waals surface area contributed by atoms with Crippen molar-refractivity contribution in [3.63, 3.8) is 0 Å². The van der Waals surface area contributed by atoms with Crippen LogP contribution in [0.1, 0.15) is 27.7 Å². The monoisotopic (exact) mass is 284 g/mol. The average Bonchev–Trinajstić information content (AvgIpc) is 2.43. The van der Waals surface area contributed by atoms with E-state index in [9.17, 15) is 0 Å². The minimum Gasteiger partial charge on any atom is -0.396 e. The van der Waals surface area contributed by atoms with Crippen LogP contribution in [0.2, 0.25) is 0 Å². The molecule has 0 aromatic heterocycles. The van der Waals surface area contributed by atoms with E-state index >= 15 is 0 Å². The quantitative estimate of drug-likeness (QED) is 0.561. The smallest absolute Gasteiger partial charge is 0.194 e. The first kappa shape index (κ1) is 17.2. The number of aliphatic imine (C=N–C) groups is 1. The third kappa shape index (κ3) is 6.09. The number of aliphatic hydroxyl groups excluding tert-OH is 1. The Morgan fingerprint density at radius 1 is 1.20 bits per heavy atom. The highest BCUT2D eigenvalue weighted by Gasteiger charge is 2.19. The van der Waals surface area contributed by atoms with Gasteiger partial charge in [0.05, 0.1) is 0 Å². The molecule has 1 rings (SSSR count). The van der Waals surface area contributed by atoms with Gasteiger partial charge in [0.2, 0.25) is 0 Å². The predicted molar refractivity (Wildman–Crippen MR) is 85.1 cm³/mol. The van der Waals surface area contributed by atoms with E-state index in [2.05, 4.69) is 40.9 Å². The molecule has 0 aliphatic carbocycles. The molecule has 1 unspecified atom stereocenters. The Labute approximate surface area is 124 Å². The summed E-state index contributed by atoms with van der Waals surface area (Å²) in [5.41, 5.74) is 0. The van der Waals surface area contributed by atoms with Crippen LogP contribution in [-0.2, 0) is 0 Å². The molecular weight excluding hydrogens is 252 g/mol. The van der Waals surface area contributed by atoms with Gasteiger partial charge in [-0.1, -0.05) is 20.8 Å². The molecule has 20 heavy (non-hydrogen) atoms. The SMILES string of the molecule is CCNC(=NCC(C)CO)N1CCN(CC(C)C)CC1. The zero-order chi connectivity index (χ0) is 15.0. The Kier molecular flexibility index (Phi) is 7.92. The molecule has 1 atom stereocenters. The molecule has 0 aromatic carbocycles. The number of guanidine groups is 1. The van der Waals surface area contributed by atoms with Gasteiger partial charge < -0.3 is 15.3 Å². The van der Waals surface area contributed by atoms with E-state index < -0.39 is 0 Å². The molecule has 5 nitrogen and oxygen atoms in total. The topological polar surface area (TPSA) is 51.1 Å². The lowest BCUT2D eigenvalue weighted by atomic mass is 10.2. The Morgan fingerprint density at radius 3 is 2.35 bits per heavy atom. The van der Waals surface area contributed by atoms with E-state index in [1.807, 2.05) is 6.92 Å². The second-order valence-electron chi connectivity index (χ2n) is 6.16. The number of nitrogens with one attached hydrogen (secondary N) is 1. The van der Waals surface area contributed by atoms with Gasteiger partial charge in [0.1, 0.15) is 0 Å². The van der Waals surface area contributed by atoms with Crippen molar-refractivity contribution in [2.24, 2.45) is 16.8 Å². The van der Waals surface area contributed by atoms with E-state index in [4.69, 9.17) is 5.11 Å². The van der Waals surface area contributed by atoms with Gasteiger partial charge in [-0.15, -0.1) is 0 Å². The Morgan fingerprint density at radius 2 is 1.85 bits per heavy atom. The molecule has 0 saturated carbocycles. The zero-order valence-corrected chi connectivity index (χ0v) is 13.6. The van der Waals surface area contributed by atoms with Crippen molar-refractivity contribution in [1.82, 2.24) is 15.1 Å². The molecule has 0 radical (unpaired) electrons. The van der Waals surface area contributed by atoms with Crippen molar-refractivity contribution in [2.45, 2.75) is 27.7 Å². The molecule has 5 heteroatoms. The van der Waals surface area contributed by atoms with Gasteiger partial charge >= 0.3 is 0 Å². The number of rotatable bonds is 6. The molecule has 1 fully saturated rings. The maximum absolute atomic E-state index is 9.10. The van der Waals surface area contributed by atoms with Crippen LogP contribution in [0.25, 0.3) is 0 Å². The Bertz CT molecular complexity index is 286. The van der Waals surface area contributed by atoms with E-state index in [1.54, 1.807) is 0 Å². The normalized spacial score (nSPS) is 19.5. The minimum atomic E-state index is 0.199. The fourth-order valence-electron chi connectivity index (χ4n) is 2.38. The summed E-state index contributed by atoms with van der Waals surface area (Å²) >= 11 is 0. The summed E-state index contributed by atoms with van der Waals surface area (Å²) in [7, 11) is 0. The highest BCUT2D eigenvalue weighted by molar-refractivity contribution is 5.80. The molecule has 118 valence electrons. The van der Waals surface area contributed by atoms with Crippen LogP contribution < -0.4 is 5.32 Å². The van der Waals surface area contributed by atoms with Crippen LogP contribution in [-0.4, -0.2) is 73.3 Å². The van der Waals surface area contributed by atoms with Gasteiger partial charge in [-0.2, -0.15) is 0 Å². The van der Waals surface area contributed by atoms with E-state index in [0.29, 0.717) is 6.54 Å². The van der Waals surface area contributed by atoms with Gasteiger partial charge in [-0.3, -0.25) is 9.89 Å². The van der Waals surface area contributed by atoms with Crippen molar-refractivity contribution >= 4 is 5.96 Å². The van der Waals surface area contributed by atoms with E-state index in [-0.39, 0.29) is 12.5 Å². The summed E-state index contributed by atoms with van der Waals surface area (Å²) in [4.78, 5) is 9.51. The molecule has 2 N–H and O–H groups in total. The van der Waals surface area contributed by atoms with Crippen LogP contribution in [0.5, 0.6) is 0 Å².